The van der Waals surface area contributed by atoms with Crippen LogP contribution in [0.25, 0.3) is 28.4 Å². The molecule has 33 heavy (non-hydrogen) atoms. The molecule has 3 aromatic heterocycles. The van der Waals surface area contributed by atoms with Gasteiger partial charge in [-0.3, -0.25) is 0 Å². The molecule has 1 unspecified atom stereocenters. The maximum atomic E-state index is 12.9. The van der Waals surface area contributed by atoms with E-state index in [1.54, 1.807) is 7.05 Å². The molecule has 15 heteroatoms. The summed E-state index contributed by atoms with van der Waals surface area (Å²) >= 11 is 5.76. The molecule has 4 aromatic rings. The number of pyridine rings is 1. The molecule has 4 rings (SSSR count). The maximum absolute atomic E-state index is 12.9. The lowest BCUT2D eigenvalue weighted by molar-refractivity contribution is -0.0384. The molecule has 0 radical (unpaired) electrons. The number of hydrogen-bond donors (Lipinski definition) is 0. The number of halogens is 4. The van der Waals surface area contributed by atoms with Gasteiger partial charge in [-0.15, -0.1) is 5.10 Å². The van der Waals surface area contributed by atoms with Crippen molar-refractivity contribution in [3.05, 3.63) is 41.9 Å². The highest BCUT2D eigenvalue weighted by molar-refractivity contribution is 7.91. The van der Waals surface area contributed by atoms with E-state index < -0.39 is 31.0 Å². The van der Waals surface area contributed by atoms with Crippen LogP contribution in [0.4, 0.5) is 13.2 Å². The lowest BCUT2D eigenvalue weighted by atomic mass is 10.3. The number of aromatic nitrogens is 6. The first kappa shape index (κ1) is 23.3. The van der Waals surface area contributed by atoms with E-state index in [1.807, 2.05) is 0 Å². The Balaban J connectivity index is 1.95. The van der Waals surface area contributed by atoms with Crippen molar-refractivity contribution < 1.29 is 25.8 Å². The van der Waals surface area contributed by atoms with Crippen molar-refractivity contribution in [2.45, 2.75) is 22.2 Å². The predicted molar refractivity (Wildman–Crippen MR) is 114 cm³/mol. The third kappa shape index (κ3) is 4.25. The largest absolute Gasteiger partial charge is 0.475 e. The molecule has 0 N–H and O–H groups in total. The van der Waals surface area contributed by atoms with Gasteiger partial charge in [0.15, 0.2) is 32.3 Å². The number of alkyl halides is 3. The second-order valence-electron chi connectivity index (χ2n) is 6.74. The van der Waals surface area contributed by atoms with Gasteiger partial charge >= 0.3 is 5.51 Å². The first-order valence-corrected chi connectivity index (χ1v) is 12.4. The summed E-state index contributed by atoms with van der Waals surface area (Å²) in [7, 11) is -5.42. The van der Waals surface area contributed by atoms with Crippen LogP contribution < -0.4 is 0 Å². The minimum absolute atomic E-state index is 0.0295. The number of fused-ring (bicyclic) bond motifs is 1. The minimum Gasteiger partial charge on any atom is -0.326 e. The molecular formula is C18H14ClF3N6O3S2. The summed E-state index contributed by atoms with van der Waals surface area (Å²) in [5, 5.41) is 3.89. The van der Waals surface area contributed by atoms with Crippen LogP contribution in [0.2, 0.25) is 5.28 Å². The summed E-state index contributed by atoms with van der Waals surface area (Å²) < 4.78 is 78.6. The van der Waals surface area contributed by atoms with Gasteiger partial charge in [-0.25, -0.2) is 32.3 Å². The van der Waals surface area contributed by atoms with E-state index >= 15 is 0 Å². The van der Waals surface area contributed by atoms with Gasteiger partial charge in [0, 0.05) is 7.05 Å². The first-order valence-electron chi connectivity index (χ1n) is 9.19. The first-order chi connectivity index (χ1) is 15.4. The Kier molecular flexibility index (Phi) is 5.78. The summed E-state index contributed by atoms with van der Waals surface area (Å²) in [6.07, 6.45) is 1.29. The summed E-state index contributed by atoms with van der Waals surface area (Å²) in [6.45, 7) is 1.47. The minimum atomic E-state index is -4.93. The fourth-order valence-electron chi connectivity index (χ4n) is 3.12. The average Bonchev–Trinajstić information content (AvgIpc) is 3.35. The van der Waals surface area contributed by atoms with Crippen LogP contribution in [0.5, 0.6) is 0 Å². The number of nitrogens with zero attached hydrogens (tertiary/aromatic N) is 6. The molecule has 1 aromatic carbocycles. The van der Waals surface area contributed by atoms with Crippen LogP contribution in [-0.2, 0) is 27.7 Å². The predicted octanol–water partition coefficient (Wildman–Crippen LogP) is 3.29. The number of benzene rings is 1. The Morgan fingerprint density at radius 1 is 1.15 bits per heavy atom. The molecule has 0 amide bonds. The van der Waals surface area contributed by atoms with Crippen LogP contribution in [-0.4, -0.2) is 53.2 Å². The van der Waals surface area contributed by atoms with Gasteiger partial charge < -0.3 is 4.57 Å². The molecule has 0 bridgehead atoms. The number of aryl methyl sites for hydroxylation is 1. The van der Waals surface area contributed by atoms with Gasteiger partial charge in [0.1, 0.15) is 12.0 Å². The van der Waals surface area contributed by atoms with Crippen molar-refractivity contribution in [3.8, 4) is 17.3 Å². The zero-order chi connectivity index (χ0) is 24.1. The monoisotopic (exact) mass is 518 g/mol. The van der Waals surface area contributed by atoms with E-state index in [4.69, 9.17) is 11.6 Å². The average molecular weight is 519 g/mol. The van der Waals surface area contributed by atoms with Crippen LogP contribution >= 0.6 is 11.6 Å². The normalized spacial score (nSPS) is 13.5. The Hall–Kier alpha value is -2.84. The third-order valence-electron chi connectivity index (χ3n) is 4.75. The van der Waals surface area contributed by atoms with Crippen LogP contribution in [0.15, 0.2) is 46.5 Å². The molecule has 1 atom stereocenters. The van der Waals surface area contributed by atoms with E-state index in [2.05, 4.69) is 20.1 Å². The van der Waals surface area contributed by atoms with E-state index in [9.17, 15) is 25.8 Å². The van der Waals surface area contributed by atoms with Crippen molar-refractivity contribution in [2.75, 3.05) is 5.75 Å². The summed E-state index contributed by atoms with van der Waals surface area (Å²) in [4.78, 5) is 11.9. The number of imidazole rings is 1. The Morgan fingerprint density at radius 3 is 2.48 bits per heavy atom. The fourth-order valence-corrected chi connectivity index (χ4v) is 4.94. The number of sulfone groups is 1. The van der Waals surface area contributed by atoms with Crippen molar-refractivity contribution in [1.82, 2.24) is 29.3 Å². The number of rotatable bonds is 5. The molecule has 0 aliphatic rings. The Labute approximate surface area is 192 Å². The van der Waals surface area contributed by atoms with E-state index in [0.29, 0.717) is 5.52 Å². The summed E-state index contributed by atoms with van der Waals surface area (Å²) in [5.41, 5.74) is -4.47. The van der Waals surface area contributed by atoms with Gasteiger partial charge in [0.2, 0.25) is 5.28 Å². The van der Waals surface area contributed by atoms with Gasteiger partial charge in [-0.2, -0.15) is 13.2 Å². The van der Waals surface area contributed by atoms with Crippen LogP contribution in [0.3, 0.4) is 0 Å². The summed E-state index contributed by atoms with van der Waals surface area (Å²) in [5.74, 6) is 0.0693. The zero-order valence-corrected chi connectivity index (χ0v) is 19.3. The zero-order valence-electron chi connectivity index (χ0n) is 16.9. The van der Waals surface area contributed by atoms with E-state index in [1.165, 1.54) is 40.7 Å². The summed E-state index contributed by atoms with van der Waals surface area (Å²) in [6, 6.07) is 6.24. The van der Waals surface area contributed by atoms with Gasteiger partial charge in [0.05, 0.1) is 26.6 Å². The van der Waals surface area contributed by atoms with Gasteiger partial charge in [0.25, 0.3) is 0 Å². The van der Waals surface area contributed by atoms with Gasteiger partial charge in [-0.05, 0) is 41.9 Å². The van der Waals surface area contributed by atoms with Crippen molar-refractivity contribution in [2.24, 2.45) is 7.05 Å². The molecule has 9 nitrogen and oxygen atoms in total. The second kappa shape index (κ2) is 8.18. The van der Waals surface area contributed by atoms with E-state index in [-0.39, 0.29) is 38.8 Å². The lowest BCUT2D eigenvalue weighted by Gasteiger charge is -2.11. The molecule has 3 heterocycles. The van der Waals surface area contributed by atoms with Crippen molar-refractivity contribution >= 4 is 43.3 Å². The fraction of sp³-hybridized carbons (Fsp3) is 0.222. The highest BCUT2D eigenvalue weighted by atomic mass is 35.5. The molecule has 0 aliphatic carbocycles. The lowest BCUT2D eigenvalue weighted by Crippen LogP contribution is -2.16. The Bertz CT molecular complexity index is 1510. The second-order valence-corrected chi connectivity index (χ2v) is 10.8. The topological polar surface area (TPSA) is 113 Å². The van der Waals surface area contributed by atoms with Crippen molar-refractivity contribution in [3.63, 3.8) is 0 Å². The quantitative estimate of drug-likeness (QED) is 0.398. The van der Waals surface area contributed by atoms with Crippen LogP contribution in [0.1, 0.15) is 6.92 Å². The number of hydrogen-bond acceptors (Lipinski definition) is 7. The smallest absolute Gasteiger partial charge is 0.326 e. The maximum Gasteiger partial charge on any atom is 0.475 e. The molecule has 0 saturated heterocycles. The SMILES string of the molecule is CCS(=O)(=O)c1ccc(-n2cnc(Cl)n2)nc1-c1nc2cc(S(=O)C(F)(F)F)ccc2n1C. The third-order valence-corrected chi connectivity index (χ3v) is 7.78. The molecule has 0 fully saturated rings. The molecule has 0 saturated carbocycles. The highest BCUT2D eigenvalue weighted by Crippen LogP contribution is 2.32. The van der Waals surface area contributed by atoms with Gasteiger partial charge in [-0.1, -0.05) is 6.92 Å². The van der Waals surface area contributed by atoms with Crippen molar-refractivity contribution in [1.29, 1.82) is 0 Å². The Morgan fingerprint density at radius 2 is 1.88 bits per heavy atom. The molecule has 174 valence electrons. The molecule has 0 spiro atoms. The standard InChI is InChI=1S/C18H14ClF3N6O3S2/c1-3-33(30,31)13-6-7-14(28-9-23-17(19)26-28)25-15(13)16-24-11-8-10(32(29)18(20,21)22)4-5-12(11)27(16)2/h4-9H,3H2,1-2H3. The molecular weight excluding hydrogens is 505 g/mol. The highest BCUT2D eigenvalue weighted by Gasteiger charge is 2.38. The van der Waals surface area contributed by atoms with Crippen LogP contribution in [0, 0.1) is 0 Å². The van der Waals surface area contributed by atoms with E-state index in [0.717, 1.165) is 12.1 Å². The molecule has 0 aliphatic heterocycles.